The van der Waals surface area contributed by atoms with E-state index in [1.54, 1.807) is 59.0 Å². The van der Waals surface area contributed by atoms with Crippen molar-refractivity contribution in [1.29, 1.82) is 0 Å². The molecule has 51 heavy (non-hydrogen) atoms. The van der Waals surface area contributed by atoms with Crippen LogP contribution in [0.2, 0.25) is 0 Å². The topological polar surface area (TPSA) is 161 Å². The van der Waals surface area contributed by atoms with Crippen LogP contribution in [0.1, 0.15) is 37.0 Å². The Hall–Kier alpha value is -5.98. The Labute approximate surface area is 295 Å². The van der Waals surface area contributed by atoms with E-state index >= 15 is 0 Å². The van der Waals surface area contributed by atoms with E-state index in [2.05, 4.69) is 15.6 Å². The number of amides is 5. The predicted molar refractivity (Wildman–Crippen MR) is 187 cm³/mol. The number of hydrogen-bond acceptors (Lipinski definition) is 7. The van der Waals surface area contributed by atoms with E-state index in [0.29, 0.717) is 12.1 Å². The highest BCUT2D eigenvalue weighted by Gasteiger charge is 2.48. The van der Waals surface area contributed by atoms with E-state index in [4.69, 9.17) is 4.74 Å². The van der Waals surface area contributed by atoms with Gasteiger partial charge in [-0.25, -0.2) is 14.4 Å². The van der Waals surface area contributed by atoms with Gasteiger partial charge in [-0.1, -0.05) is 80.6 Å². The number of para-hydroxylation sites is 1. The van der Waals surface area contributed by atoms with Crippen LogP contribution in [-0.2, 0) is 33.9 Å². The number of nitrogens with one attached hydrogen (secondary N) is 2. The fourth-order valence-electron chi connectivity index (χ4n) is 6.63. The fraction of sp³-hybridized carbons (Fsp3) is 0.316. The summed E-state index contributed by atoms with van der Waals surface area (Å²) in [6.07, 6.45) is 0.311. The van der Waals surface area contributed by atoms with Crippen molar-refractivity contribution in [2.24, 2.45) is 5.92 Å². The second-order valence-electron chi connectivity index (χ2n) is 13.0. The number of fused-ring (bicyclic) bond motifs is 2. The van der Waals surface area contributed by atoms with Crippen molar-refractivity contribution in [3.8, 4) is 5.75 Å². The van der Waals surface area contributed by atoms with Crippen molar-refractivity contribution in [3.63, 3.8) is 0 Å². The summed E-state index contributed by atoms with van der Waals surface area (Å²) in [5.74, 6) is -1.82. The van der Waals surface area contributed by atoms with Crippen LogP contribution in [0.25, 0.3) is 10.9 Å². The Balaban J connectivity index is 1.25. The number of carboxylic acid groups (broad SMARTS) is 1. The van der Waals surface area contributed by atoms with Crippen LogP contribution in [-0.4, -0.2) is 86.0 Å². The molecule has 13 nitrogen and oxygen atoms in total. The lowest BCUT2D eigenvalue weighted by atomic mass is 9.97. The number of piperazine rings is 1. The van der Waals surface area contributed by atoms with Crippen LogP contribution in [0.4, 0.5) is 9.59 Å². The van der Waals surface area contributed by atoms with Gasteiger partial charge in [0.25, 0.3) is 0 Å². The first-order valence-electron chi connectivity index (χ1n) is 16.9. The lowest BCUT2D eigenvalue weighted by Crippen LogP contribution is -2.72. The first-order valence-corrected chi connectivity index (χ1v) is 16.9. The molecule has 1 aromatic heterocycles. The van der Waals surface area contributed by atoms with Crippen LogP contribution in [0, 0.1) is 5.92 Å². The van der Waals surface area contributed by atoms with E-state index in [0.717, 1.165) is 22.0 Å². The molecule has 0 spiro atoms. The van der Waals surface area contributed by atoms with Gasteiger partial charge in [0.15, 0.2) is 0 Å². The van der Waals surface area contributed by atoms with Gasteiger partial charge in [-0.2, -0.15) is 0 Å². The largest absolute Gasteiger partial charge is 0.480 e. The Morgan fingerprint density at radius 2 is 1.69 bits per heavy atom. The maximum atomic E-state index is 14.4. The zero-order valence-electron chi connectivity index (χ0n) is 28.4. The normalized spacial score (nSPS) is 18.0. The van der Waals surface area contributed by atoms with Gasteiger partial charge in [0, 0.05) is 44.1 Å². The highest BCUT2D eigenvalue weighted by atomic mass is 16.6. The second kappa shape index (κ2) is 15.3. The number of hydrogen-bond donors (Lipinski definition) is 3. The molecule has 0 bridgehead atoms. The Morgan fingerprint density at radius 1 is 0.941 bits per heavy atom. The average Bonchev–Trinajstić information content (AvgIpc) is 3.12. The lowest BCUT2D eigenvalue weighted by Gasteiger charge is -2.52. The van der Waals surface area contributed by atoms with E-state index in [1.807, 2.05) is 60.7 Å². The van der Waals surface area contributed by atoms with Gasteiger partial charge in [-0.05, 0) is 40.8 Å². The minimum absolute atomic E-state index is 0.0713. The summed E-state index contributed by atoms with van der Waals surface area (Å²) < 4.78 is 5.32. The monoisotopic (exact) mass is 692 g/mol. The molecule has 3 aromatic carbocycles. The fourth-order valence-corrected chi connectivity index (χ4v) is 6.63. The molecule has 4 aromatic rings. The minimum atomic E-state index is -1.17. The highest BCUT2D eigenvalue weighted by molar-refractivity contribution is 5.92. The number of carbonyl (C=O) groups is 5. The molecule has 2 fully saturated rings. The second-order valence-corrected chi connectivity index (χ2v) is 13.0. The molecule has 3 heterocycles. The van der Waals surface area contributed by atoms with Gasteiger partial charge < -0.3 is 35.2 Å². The number of carbonyl (C=O) groups excluding carboxylic acids is 4. The van der Waals surface area contributed by atoms with Crippen LogP contribution < -0.4 is 15.4 Å². The smallest absolute Gasteiger partial charge is 0.413 e. The van der Waals surface area contributed by atoms with Gasteiger partial charge in [0.1, 0.15) is 24.0 Å². The third kappa shape index (κ3) is 7.93. The summed E-state index contributed by atoms with van der Waals surface area (Å²) >= 11 is 0. The number of ether oxygens (including phenoxy) is 1. The van der Waals surface area contributed by atoms with E-state index in [9.17, 15) is 29.1 Å². The van der Waals surface area contributed by atoms with Crippen molar-refractivity contribution in [3.05, 3.63) is 108 Å². The number of benzene rings is 3. The molecule has 264 valence electrons. The first kappa shape index (κ1) is 34.9. The highest BCUT2D eigenvalue weighted by Crippen LogP contribution is 2.30. The average molecular weight is 693 g/mol. The van der Waals surface area contributed by atoms with E-state index in [-0.39, 0.29) is 62.0 Å². The number of urea groups is 1. The van der Waals surface area contributed by atoms with Crippen LogP contribution in [0.3, 0.4) is 0 Å². The molecule has 0 aliphatic carbocycles. The lowest BCUT2D eigenvalue weighted by molar-refractivity contribution is -0.167. The van der Waals surface area contributed by atoms with Crippen molar-refractivity contribution < 1.29 is 33.8 Å². The van der Waals surface area contributed by atoms with Crippen molar-refractivity contribution >= 4 is 40.8 Å². The Morgan fingerprint density at radius 3 is 2.41 bits per heavy atom. The number of carboxylic acids is 1. The zero-order chi connectivity index (χ0) is 36.1. The summed E-state index contributed by atoms with van der Waals surface area (Å²) in [6, 6.07) is 23.3. The summed E-state index contributed by atoms with van der Waals surface area (Å²) in [6.45, 7) is 4.23. The molecule has 13 heteroatoms. The van der Waals surface area contributed by atoms with Gasteiger partial charge in [-0.3, -0.25) is 14.6 Å². The first-order chi connectivity index (χ1) is 24.6. The third-order valence-electron chi connectivity index (χ3n) is 9.25. The predicted octanol–water partition coefficient (Wildman–Crippen LogP) is 4.16. The third-order valence-corrected chi connectivity index (χ3v) is 9.25. The maximum absolute atomic E-state index is 14.4. The molecule has 2 saturated heterocycles. The van der Waals surface area contributed by atoms with Crippen molar-refractivity contribution in [2.75, 3.05) is 13.1 Å². The van der Waals surface area contributed by atoms with E-state index < -0.39 is 30.3 Å². The molecular formula is C38H40N6O7. The quantitative estimate of drug-likeness (QED) is 0.223. The van der Waals surface area contributed by atoms with E-state index in [1.165, 1.54) is 0 Å². The molecule has 2 unspecified atom stereocenters. The number of nitrogens with zero attached hydrogens (tertiary/aromatic N) is 4. The molecule has 3 atom stereocenters. The maximum Gasteiger partial charge on any atom is 0.413 e. The van der Waals surface area contributed by atoms with Crippen molar-refractivity contribution in [2.45, 2.75) is 58.0 Å². The van der Waals surface area contributed by atoms with Gasteiger partial charge in [-0.15, -0.1) is 0 Å². The van der Waals surface area contributed by atoms with Gasteiger partial charge >= 0.3 is 18.1 Å². The SMILES string of the molecule is CC(C)C(NC(=O)Oc1ccc(C[C@H]2C(=O)N(Cc3cccc4cccnc34)CC3N(C(=O)NCc4ccccc4)CCC(=O)N32)cc1)C(=O)O. The molecule has 5 amide bonds. The number of pyridine rings is 1. The number of rotatable bonds is 10. The minimum Gasteiger partial charge on any atom is -0.480 e. The summed E-state index contributed by atoms with van der Waals surface area (Å²) in [4.78, 5) is 75.0. The standard InChI is InChI=1S/C38H40N6O7/c1-24(2)33(36(47)48)41-38(50)51-29-15-13-25(14-16-29)20-30-35(46)42(22-28-11-6-10-27-12-7-18-39-34(27)28)23-31-43(19-17-32(45)44(30)31)37(49)40-21-26-8-4-3-5-9-26/h3-16,18,24,30-31,33H,17,19-23H2,1-2H3,(H,40,49)(H,41,50)(H,47,48)/t30-,31?,33?/m0/s1. The molecule has 0 saturated carbocycles. The molecule has 6 rings (SSSR count). The Bertz CT molecular complexity index is 1910. The Kier molecular flexibility index (Phi) is 10.4. The van der Waals surface area contributed by atoms with Gasteiger partial charge in [0.05, 0.1) is 12.1 Å². The zero-order valence-corrected chi connectivity index (χ0v) is 28.4. The summed E-state index contributed by atoms with van der Waals surface area (Å²) in [7, 11) is 0. The number of aliphatic carboxylic acids is 1. The molecule has 2 aliphatic rings. The molecule has 2 aliphatic heterocycles. The molecule has 3 N–H and O–H groups in total. The van der Waals surface area contributed by atoms with Crippen LogP contribution in [0.5, 0.6) is 5.75 Å². The van der Waals surface area contributed by atoms with Crippen LogP contribution >= 0.6 is 0 Å². The van der Waals surface area contributed by atoms with Crippen molar-refractivity contribution in [1.82, 2.24) is 30.3 Å². The molecule has 0 radical (unpaired) electrons. The summed E-state index contributed by atoms with van der Waals surface area (Å²) in [5.41, 5.74) is 3.24. The van der Waals surface area contributed by atoms with Crippen LogP contribution in [0.15, 0.2) is 91.1 Å². The van der Waals surface area contributed by atoms with Gasteiger partial charge in [0.2, 0.25) is 11.8 Å². The molecular weight excluding hydrogens is 652 g/mol. The number of aromatic nitrogens is 1. The summed E-state index contributed by atoms with van der Waals surface area (Å²) in [5, 5.41) is 15.7.